The average Bonchev–Trinajstić information content (AvgIpc) is 3.49. The minimum atomic E-state index is -0.687. The van der Waals surface area contributed by atoms with E-state index >= 15 is 0 Å². The van der Waals surface area contributed by atoms with Gasteiger partial charge in [-0.1, -0.05) is 66.2 Å². The molecule has 0 bridgehead atoms. The molecule has 1 aromatic heterocycles. The van der Waals surface area contributed by atoms with Crippen LogP contribution in [0.25, 0.3) is 10.9 Å². The molecule has 0 aliphatic carbocycles. The Kier molecular flexibility index (Phi) is 7.04. The van der Waals surface area contributed by atoms with Gasteiger partial charge in [0.25, 0.3) is 0 Å². The number of rotatable bonds is 7. The summed E-state index contributed by atoms with van der Waals surface area (Å²) < 4.78 is 5.52. The van der Waals surface area contributed by atoms with Crippen molar-refractivity contribution in [3.63, 3.8) is 0 Å². The summed E-state index contributed by atoms with van der Waals surface area (Å²) in [5.41, 5.74) is 4.18. The summed E-state index contributed by atoms with van der Waals surface area (Å²) in [5.74, 6) is 0. The third-order valence-corrected chi connectivity index (χ3v) is 6.71. The fraction of sp³-hybridized carbons (Fsp3) is 0.250. The van der Waals surface area contributed by atoms with E-state index < -0.39 is 12.2 Å². The van der Waals surface area contributed by atoms with E-state index in [4.69, 9.17) is 16.3 Å². The Balaban J connectivity index is 1.32. The molecule has 0 spiro atoms. The molecule has 5 rings (SSSR count). The van der Waals surface area contributed by atoms with Gasteiger partial charge >= 0.3 is 6.09 Å². The van der Waals surface area contributed by atoms with Crippen LogP contribution in [0.3, 0.4) is 0 Å². The number of hydrogen-bond acceptors (Lipinski definition) is 4. The number of benzene rings is 3. The fourth-order valence-electron chi connectivity index (χ4n) is 4.68. The van der Waals surface area contributed by atoms with E-state index in [-0.39, 0.29) is 19.2 Å². The van der Waals surface area contributed by atoms with Gasteiger partial charge in [0.05, 0.1) is 18.7 Å². The number of carbonyl (C=O) groups is 1. The molecule has 2 atom stereocenters. The molecule has 35 heavy (non-hydrogen) atoms. The van der Waals surface area contributed by atoms with Gasteiger partial charge in [-0.2, -0.15) is 0 Å². The van der Waals surface area contributed by atoms with Crippen molar-refractivity contribution in [2.24, 2.45) is 0 Å². The number of H-pyrrole nitrogens is 1. The second-order valence-electron chi connectivity index (χ2n) is 9.01. The van der Waals surface area contributed by atoms with Crippen molar-refractivity contribution < 1.29 is 14.6 Å². The molecule has 1 amide bonds. The maximum Gasteiger partial charge on any atom is 0.410 e. The molecule has 2 heterocycles. The number of likely N-dealkylation sites (tertiary alicyclic amines) is 1. The summed E-state index contributed by atoms with van der Waals surface area (Å²) in [7, 11) is 0. The minimum absolute atomic E-state index is 0.208. The highest BCUT2D eigenvalue weighted by Crippen LogP contribution is 2.24. The highest BCUT2D eigenvalue weighted by atomic mass is 35.5. The SMILES string of the molecule is O=C(OCc1ccccc1)N1C[C@@H](O)[C@H](N(Cc2cccc(Cl)c2)Cc2ccc3cc[nH]c3c2)C1. The molecule has 0 radical (unpaired) electrons. The third-order valence-electron chi connectivity index (χ3n) is 6.47. The molecule has 180 valence electrons. The zero-order valence-electron chi connectivity index (χ0n) is 19.3. The first-order chi connectivity index (χ1) is 17.0. The van der Waals surface area contributed by atoms with Crippen LogP contribution in [0.15, 0.2) is 85.1 Å². The summed E-state index contributed by atoms with van der Waals surface area (Å²) in [4.78, 5) is 19.8. The van der Waals surface area contributed by atoms with Crippen molar-refractivity contribution in [3.05, 3.63) is 107 Å². The maximum absolute atomic E-state index is 12.8. The van der Waals surface area contributed by atoms with Crippen LogP contribution in [0.5, 0.6) is 0 Å². The molecule has 7 heteroatoms. The first-order valence-electron chi connectivity index (χ1n) is 11.7. The van der Waals surface area contributed by atoms with Crippen LogP contribution in [0, 0.1) is 0 Å². The normalized spacial score (nSPS) is 17.9. The Labute approximate surface area is 209 Å². The van der Waals surface area contributed by atoms with Crippen LogP contribution in [0.4, 0.5) is 4.79 Å². The van der Waals surface area contributed by atoms with E-state index in [1.165, 1.54) is 0 Å². The number of fused-ring (bicyclic) bond motifs is 1. The highest BCUT2D eigenvalue weighted by molar-refractivity contribution is 6.30. The van der Waals surface area contributed by atoms with Crippen molar-refractivity contribution in [1.29, 1.82) is 0 Å². The van der Waals surface area contributed by atoms with E-state index in [0.717, 1.165) is 27.6 Å². The summed E-state index contributed by atoms with van der Waals surface area (Å²) >= 11 is 6.24. The van der Waals surface area contributed by atoms with Gasteiger partial charge < -0.3 is 19.7 Å². The topological polar surface area (TPSA) is 68.8 Å². The molecule has 0 saturated carbocycles. The van der Waals surface area contributed by atoms with Crippen LogP contribution in [0.2, 0.25) is 5.02 Å². The number of carbonyl (C=O) groups excluding carboxylic acids is 1. The maximum atomic E-state index is 12.8. The Bertz CT molecular complexity index is 1290. The standard InChI is InChI=1S/C28H28ClN3O3/c29-24-8-4-7-21(13-24)15-31(16-22-9-10-23-11-12-30-25(23)14-22)26-17-32(18-27(26)33)28(34)35-19-20-5-2-1-3-6-20/h1-14,26-27,30,33H,15-19H2/t26-,27-/m1/s1. The predicted octanol–water partition coefficient (Wildman–Crippen LogP) is 5.21. The van der Waals surface area contributed by atoms with Crippen molar-refractivity contribution >= 4 is 28.6 Å². The Morgan fingerprint density at radius 2 is 1.74 bits per heavy atom. The average molecular weight is 490 g/mol. The number of aliphatic hydroxyl groups excluding tert-OH is 1. The van der Waals surface area contributed by atoms with Crippen LogP contribution >= 0.6 is 11.6 Å². The number of β-amino-alcohol motifs (C(OH)–C–C–N with tert-alkyl or cyclic N) is 1. The molecule has 3 aromatic carbocycles. The van der Waals surface area contributed by atoms with Crippen LogP contribution in [0.1, 0.15) is 16.7 Å². The van der Waals surface area contributed by atoms with Gasteiger partial charge in [-0.05, 0) is 46.3 Å². The molecular weight excluding hydrogens is 462 g/mol. The highest BCUT2D eigenvalue weighted by Gasteiger charge is 2.38. The Hall–Kier alpha value is -3.32. The number of aromatic amines is 1. The second-order valence-corrected chi connectivity index (χ2v) is 9.45. The van der Waals surface area contributed by atoms with Crippen molar-refractivity contribution in [2.75, 3.05) is 13.1 Å². The zero-order chi connectivity index (χ0) is 24.2. The molecule has 1 fully saturated rings. The van der Waals surface area contributed by atoms with Crippen LogP contribution in [-0.2, 0) is 24.4 Å². The molecular formula is C28H28ClN3O3. The number of amides is 1. The first-order valence-corrected chi connectivity index (χ1v) is 12.1. The molecule has 6 nitrogen and oxygen atoms in total. The van der Waals surface area contributed by atoms with E-state index in [2.05, 4.69) is 28.1 Å². The number of ether oxygens (including phenoxy) is 1. The van der Waals surface area contributed by atoms with Gasteiger partial charge in [-0.25, -0.2) is 4.79 Å². The molecule has 2 N–H and O–H groups in total. The van der Waals surface area contributed by atoms with Crippen molar-refractivity contribution in [1.82, 2.24) is 14.8 Å². The smallest absolute Gasteiger partial charge is 0.410 e. The van der Waals surface area contributed by atoms with E-state index in [9.17, 15) is 9.90 Å². The summed E-state index contributed by atoms with van der Waals surface area (Å²) in [6.45, 7) is 2.05. The summed E-state index contributed by atoms with van der Waals surface area (Å²) in [5, 5.41) is 12.8. The zero-order valence-corrected chi connectivity index (χ0v) is 20.1. The van der Waals surface area contributed by atoms with Gasteiger partial charge in [-0.3, -0.25) is 4.90 Å². The lowest BCUT2D eigenvalue weighted by Gasteiger charge is -2.31. The number of nitrogens with one attached hydrogen (secondary N) is 1. The fourth-order valence-corrected chi connectivity index (χ4v) is 4.89. The van der Waals surface area contributed by atoms with E-state index in [1.807, 2.05) is 66.9 Å². The second kappa shape index (κ2) is 10.5. The summed E-state index contributed by atoms with van der Waals surface area (Å²) in [6, 6.07) is 25.5. The lowest BCUT2D eigenvalue weighted by Crippen LogP contribution is -2.42. The largest absolute Gasteiger partial charge is 0.445 e. The monoisotopic (exact) mass is 489 g/mol. The van der Waals surface area contributed by atoms with Gasteiger partial charge in [0.15, 0.2) is 0 Å². The van der Waals surface area contributed by atoms with Gasteiger partial charge in [0, 0.05) is 36.4 Å². The predicted molar refractivity (Wildman–Crippen MR) is 137 cm³/mol. The number of nitrogens with zero attached hydrogens (tertiary/aromatic N) is 2. The van der Waals surface area contributed by atoms with Crippen molar-refractivity contribution in [3.8, 4) is 0 Å². The lowest BCUT2D eigenvalue weighted by molar-refractivity contribution is 0.0728. The quantitative estimate of drug-likeness (QED) is 0.374. The Morgan fingerprint density at radius 1 is 0.971 bits per heavy atom. The van der Waals surface area contributed by atoms with E-state index in [1.54, 1.807) is 4.90 Å². The van der Waals surface area contributed by atoms with Gasteiger partial charge in [0.2, 0.25) is 0 Å². The summed E-state index contributed by atoms with van der Waals surface area (Å²) in [6.07, 6.45) is 0.830. The molecule has 1 saturated heterocycles. The number of hydrogen-bond donors (Lipinski definition) is 2. The lowest BCUT2D eigenvalue weighted by atomic mass is 10.1. The first kappa shape index (κ1) is 23.4. The van der Waals surface area contributed by atoms with Crippen LogP contribution in [-0.4, -0.2) is 51.2 Å². The molecule has 1 aliphatic rings. The number of aromatic nitrogens is 1. The van der Waals surface area contributed by atoms with E-state index in [0.29, 0.717) is 24.7 Å². The minimum Gasteiger partial charge on any atom is -0.445 e. The van der Waals surface area contributed by atoms with Crippen LogP contribution < -0.4 is 0 Å². The molecule has 0 unspecified atom stereocenters. The van der Waals surface area contributed by atoms with Gasteiger partial charge in [0.1, 0.15) is 6.61 Å². The van der Waals surface area contributed by atoms with Crippen molar-refractivity contribution in [2.45, 2.75) is 31.8 Å². The molecule has 4 aromatic rings. The molecule has 1 aliphatic heterocycles. The Morgan fingerprint density at radius 3 is 2.54 bits per heavy atom. The number of aliphatic hydroxyl groups is 1. The number of halogens is 1. The van der Waals surface area contributed by atoms with Gasteiger partial charge in [-0.15, -0.1) is 0 Å². The third kappa shape index (κ3) is 5.68.